The summed E-state index contributed by atoms with van der Waals surface area (Å²) in [5, 5.41) is 2.79. The predicted octanol–water partition coefficient (Wildman–Crippen LogP) is 6.31. The molecular weight excluding hydrogens is 240 g/mol. The monoisotopic (exact) mass is 268 g/mol. The lowest BCUT2D eigenvalue weighted by atomic mass is 9.94. The van der Waals surface area contributed by atoms with Crippen LogP contribution in [0.15, 0.2) is 36.4 Å². The maximum atomic E-state index is 2.43. The maximum Gasteiger partial charge on any atom is -0.0181 e. The molecule has 0 N–H and O–H groups in total. The van der Waals surface area contributed by atoms with Crippen molar-refractivity contribution in [3.63, 3.8) is 0 Å². The smallest absolute Gasteiger partial charge is 0.0181 e. The Morgan fingerprint density at radius 1 is 0.650 bits per heavy atom. The first-order chi connectivity index (χ1) is 9.85. The fourth-order valence-corrected chi connectivity index (χ4v) is 2.99. The van der Waals surface area contributed by atoms with Crippen LogP contribution in [0.4, 0.5) is 0 Å². The molecule has 0 heterocycles. The second-order valence-corrected chi connectivity index (χ2v) is 5.88. The van der Waals surface area contributed by atoms with E-state index in [1.54, 1.807) is 11.1 Å². The summed E-state index contributed by atoms with van der Waals surface area (Å²) in [6, 6.07) is 13.6. The van der Waals surface area contributed by atoms with Crippen LogP contribution in [0.25, 0.3) is 10.8 Å². The molecule has 0 amide bonds. The van der Waals surface area contributed by atoms with Crippen LogP contribution in [0, 0.1) is 0 Å². The Balaban J connectivity index is 2.10. The van der Waals surface area contributed by atoms with Gasteiger partial charge in [0.15, 0.2) is 0 Å². The highest BCUT2D eigenvalue weighted by atomic mass is 14.1. The van der Waals surface area contributed by atoms with Crippen LogP contribution in [0.5, 0.6) is 0 Å². The minimum Gasteiger partial charge on any atom is -0.0654 e. The van der Waals surface area contributed by atoms with Gasteiger partial charge in [-0.05, 0) is 41.2 Å². The second kappa shape index (κ2) is 8.09. The number of fused-ring (bicyclic) bond motifs is 1. The van der Waals surface area contributed by atoms with Gasteiger partial charge in [0.05, 0.1) is 0 Å². The van der Waals surface area contributed by atoms with Crippen molar-refractivity contribution in [3.05, 3.63) is 47.5 Å². The molecule has 0 fully saturated rings. The SMILES string of the molecule is CCCCCCCc1cc2ccccc2cc1CCC. The quantitative estimate of drug-likeness (QED) is 0.492. The fourth-order valence-electron chi connectivity index (χ4n) is 2.99. The molecule has 0 aliphatic carbocycles. The van der Waals surface area contributed by atoms with E-state index in [9.17, 15) is 0 Å². The zero-order valence-corrected chi connectivity index (χ0v) is 13.1. The molecule has 2 aromatic carbocycles. The first-order valence-corrected chi connectivity index (χ1v) is 8.35. The van der Waals surface area contributed by atoms with Crippen LogP contribution in [-0.4, -0.2) is 0 Å². The van der Waals surface area contributed by atoms with Gasteiger partial charge in [0.2, 0.25) is 0 Å². The molecule has 0 unspecified atom stereocenters. The zero-order valence-electron chi connectivity index (χ0n) is 13.1. The van der Waals surface area contributed by atoms with Crippen molar-refractivity contribution in [1.82, 2.24) is 0 Å². The van der Waals surface area contributed by atoms with Crippen molar-refractivity contribution in [3.8, 4) is 0 Å². The number of hydrogen-bond donors (Lipinski definition) is 0. The molecule has 0 aliphatic heterocycles. The van der Waals surface area contributed by atoms with Crippen LogP contribution >= 0.6 is 0 Å². The molecule has 0 bridgehead atoms. The van der Waals surface area contributed by atoms with E-state index in [0.717, 1.165) is 0 Å². The van der Waals surface area contributed by atoms with Gasteiger partial charge in [0.1, 0.15) is 0 Å². The normalized spacial score (nSPS) is 11.1. The van der Waals surface area contributed by atoms with E-state index < -0.39 is 0 Å². The summed E-state index contributed by atoms with van der Waals surface area (Å²) >= 11 is 0. The van der Waals surface area contributed by atoms with E-state index in [4.69, 9.17) is 0 Å². The largest absolute Gasteiger partial charge is 0.0654 e. The number of rotatable bonds is 8. The zero-order chi connectivity index (χ0) is 14.2. The van der Waals surface area contributed by atoms with E-state index in [2.05, 4.69) is 50.2 Å². The number of unbranched alkanes of at least 4 members (excludes halogenated alkanes) is 4. The van der Waals surface area contributed by atoms with E-state index in [-0.39, 0.29) is 0 Å². The van der Waals surface area contributed by atoms with Crippen molar-refractivity contribution in [2.45, 2.75) is 65.2 Å². The van der Waals surface area contributed by atoms with Crippen molar-refractivity contribution < 1.29 is 0 Å². The standard InChI is InChI=1S/C20H28/c1-3-5-6-7-8-12-18-16-20-14-10-9-13-19(20)15-17(18)11-4-2/h9-10,13-16H,3-8,11-12H2,1-2H3. The number of benzene rings is 2. The Hall–Kier alpha value is -1.30. The van der Waals surface area contributed by atoms with E-state index in [1.807, 2.05) is 0 Å². The third kappa shape index (κ3) is 4.10. The highest BCUT2D eigenvalue weighted by molar-refractivity contribution is 5.84. The third-order valence-corrected chi connectivity index (χ3v) is 4.14. The van der Waals surface area contributed by atoms with Gasteiger partial charge in [-0.15, -0.1) is 0 Å². The Morgan fingerprint density at radius 2 is 1.25 bits per heavy atom. The van der Waals surface area contributed by atoms with Gasteiger partial charge in [-0.3, -0.25) is 0 Å². The van der Waals surface area contributed by atoms with Crippen molar-refractivity contribution in [2.24, 2.45) is 0 Å². The van der Waals surface area contributed by atoms with Crippen LogP contribution in [0.2, 0.25) is 0 Å². The average molecular weight is 268 g/mol. The molecule has 108 valence electrons. The van der Waals surface area contributed by atoms with Gasteiger partial charge in [0, 0.05) is 0 Å². The van der Waals surface area contributed by atoms with Crippen molar-refractivity contribution >= 4 is 10.8 Å². The summed E-state index contributed by atoms with van der Waals surface area (Å²) in [6.07, 6.45) is 10.5. The number of hydrogen-bond acceptors (Lipinski definition) is 0. The minimum absolute atomic E-state index is 1.22. The molecule has 0 heteroatoms. The lowest BCUT2D eigenvalue weighted by molar-refractivity contribution is 0.630. The molecule has 2 aromatic rings. The highest BCUT2D eigenvalue weighted by Gasteiger charge is 2.04. The molecule has 0 saturated carbocycles. The first-order valence-electron chi connectivity index (χ1n) is 8.35. The molecule has 0 atom stereocenters. The molecule has 20 heavy (non-hydrogen) atoms. The van der Waals surface area contributed by atoms with Crippen LogP contribution in [0.3, 0.4) is 0 Å². The van der Waals surface area contributed by atoms with Gasteiger partial charge < -0.3 is 0 Å². The van der Waals surface area contributed by atoms with E-state index >= 15 is 0 Å². The highest BCUT2D eigenvalue weighted by Crippen LogP contribution is 2.23. The van der Waals surface area contributed by atoms with Crippen molar-refractivity contribution in [1.29, 1.82) is 0 Å². The maximum absolute atomic E-state index is 2.43. The first kappa shape index (κ1) is 15.1. The summed E-state index contributed by atoms with van der Waals surface area (Å²) in [5.41, 5.74) is 3.16. The summed E-state index contributed by atoms with van der Waals surface area (Å²) in [5.74, 6) is 0. The van der Waals surface area contributed by atoms with Crippen LogP contribution < -0.4 is 0 Å². The Labute approximate surface area is 124 Å². The Morgan fingerprint density at radius 3 is 1.85 bits per heavy atom. The molecule has 0 aliphatic rings. The molecular formula is C20H28. The fraction of sp³-hybridized carbons (Fsp3) is 0.500. The second-order valence-electron chi connectivity index (χ2n) is 5.88. The van der Waals surface area contributed by atoms with Crippen LogP contribution in [0.1, 0.15) is 63.5 Å². The van der Waals surface area contributed by atoms with Gasteiger partial charge in [-0.25, -0.2) is 0 Å². The third-order valence-electron chi connectivity index (χ3n) is 4.14. The minimum atomic E-state index is 1.22. The van der Waals surface area contributed by atoms with E-state index in [0.29, 0.717) is 0 Å². The van der Waals surface area contributed by atoms with Gasteiger partial charge >= 0.3 is 0 Å². The Kier molecular flexibility index (Phi) is 6.11. The molecule has 0 aromatic heterocycles. The molecule has 0 saturated heterocycles. The van der Waals surface area contributed by atoms with Gasteiger partial charge in [-0.2, -0.15) is 0 Å². The van der Waals surface area contributed by atoms with Crippen molar-refractivity contribution in [2.75, 3.05) is 0 Å². The number of aryl methyl sites for hydroxylation is 2. The lowest BCUT2D eigenvalue weighted by Gasteiger charge is -2.11. The topological polar surface area (TPSA) is 0 Å². The molecule has 0 radical (unpaired) electrons. The summed E-state index contributed by atoms with van der Waals surface area (Å²) < 4.78 is 0. The molecule has 0 nitrogen and oxygen atoms in total. The average Bonchev–Trinajstić information content (AvgIpc) is 2.47. The summed E-state index contributed by atoms with van der Waals surface area (Å²) in [7, 11) is 0. The van der Waals surface area contributed by atoms with Gasteiger partial charge in [-0.1, -0.05) is 82.3 Å². The van der Waals surface area contributed by atoms with Gasteiger partial charge in [0.25, 0.3) is 0 Å². The van der Waals surface area contributed by atoms with E-state index in [1.165, 1.54) is 62.1 Å². The Bertz CT molecular complexity index is 525. The summed E-state index contributed by atoms with van der Waals surface area (Å²) in [4.78, 5) is 0. The lowest BCUT2D eigenvalue weighted by Crippen LogP contribution is -1.95. The summed E-state index contributed by atoms with van der Waals surface area (Å²) in [6.45, 7) is 4.56. The molecule has 2 rings (SSSR count). The van der Waals surface area contributed by atoms with Crippen LogP contribution in [-0.2, 0) is 12.8 Å². The molecule has 0 spiro atoms. The predicted molar refractivity (Wildman–Crippen MR) is 90.4 cm³/mol.